The van der Waals surface area contributed by atoms with Gasteiger partial charge in [0.25, 0.3) is 0 Å². The number of aromatic nitrogens is 3. The zero-order chi connectivity index (χ0) is 10.1. The first-order valence-electron chi connectivity index (χ1n) is 4.35. The molecule has 2 heterocycles. The van der Waals surface area contributed by atoms with Crippen LogP contribution < -0.4 is 0 Å². The first-order chi connectivity index (χ1) is 6.74. The number of hydrogen-bond donors (Lipinski definition) is 0. The Morgan fingerprint density at radius 3 is 2.86 bits per heavy atom. The molecule has 0 amide bonds. The van der Waals surface area contributed by atoms with E-state index in [1.54, 1.807) is 11.6 Å². The van der Waals surface area contributed by atoms with E-state index >= 15 is 0 Å². The Hall–Kier alpha value is -1.65. The predicted octanol–water partition coefficient (Wildman–Crippen LogP) is 2.01. The van der Waals surface area contributed by atoms with Crippen LogP contribution in [0.1, 0.15) is 12.6 Å². The van der Waals surface area contributed by atoms with Crippen molar-refractivity contribution in [2.45, 2.75) is 20.4 Å². The van der Waals surface area contributed by atoms with Crippen LogP contribution >= 0.6 is 0 Å². The minimum Gasteiger partial charge on any atom is -0.442 e. The summed E-state index contributed by atoms with van der Waals surface area (Å²) in [5.74, 6) is 0.0152. The van der Waals surface area contributed by atoms with Gasteiger partial charge in [-0.25, -0.2) is 9.37 Å². The van der Waals surface area contributed by atoms with Crippen LogP contribution in [0.25, 0.3) is 11.5 Å². The van der Waals surface area contributed by atoms with Gasteiger partial charge >= 0.3 is 0 Å². The van der Waals surface area contributed by atoms with Gasteiger partial charge in [-0.3, -0.25) is 4.68 Å². The molecule has 74 valence electrons. The molecule has 0 aromatic carbocycles. The van der Waals surface area contributed by atoms with Crippen LogP contribution in [0.4, 0.5) is 4.39 Å². The van der Waals surface area contributed by atoms with Crippen LogP contribution in [0.3, 0.4) is 0 Å². The summed E-state index contributed by atoms with van der Waals surface area (Å²) in [6.07, 6.45) is 2.71. The van der Waals surface area contributed by atoms with Crippen molar-refractivity contribution in [2.75, 3.05) is 0 Å². The maximum atomic E-state index is 13.6. The monoisotopic (exact) mass is 195 g/mol. The van der Waals surface area contributed by atoms with E-state index in [0.29, 0.717) is 18.0 Å². The highest BCUT2D eigenvalue weighted by Gasteiger charge is 2.17. The lowest BCUT2D eigenvalue weighted by atomic mass is 10.3. The maximum Gasteiger partial charge on any atom is 0.181 e. The molecule has 0 atom stereocenters. The van der Waals surface area contributed by atoms with Crippen LogP contribution in [-0.4, -0.2) is 14.8 Å². The molecule has 0 bridgehead atoms. The summed E-state index contributed by atoms with van der Waals surface area (Å²) in [4.78, 5) is 3.72. The molecule has 0 aliphatic heterocycles. The summed E-state index contributed by atoms with van der Waals surface area (Å²) in [5, 5.41) is 4.08. The van der Waals surface area contributed by atoms with Crippen molar-refractivity contribution in [3.05, 3.63) is 24.1 Å². The van der Waals surface area contributed by atoms with E-state index in [1.165, 1.54) is 12.6 Å². The van der Waals surface area contributed by atoms with Crippen molar-refractivity contribution in [2.24, 2.45) is 0 Å². The fourth-order valence-electron chi connectivity index (χ4n) is 1.32. The van der Waals surface area contributed by atoms with Gasteiger partial charge in [0, 0.05) is 6.54 Å². The highest BCUT2D eigenvalue weighted by molar-refractivity contribution is 5.51. The molecule has 0 unspecified atom stereocenters. The minimum absolute atomic E-state index is 0.224. The van der Waals surface area contributed by atoms with Gasteiger partial charge in [0.15, 0.2) is 23.7 Å². The Kier molecular flexibility index (Phi) is 2.07. The van der Waals surface area contributed by atoms with Gasteiger partial charge < -0.3 is 4.42 Å². The Labute approximate surface area is 80.4 Å². The molecule has 0 saturated heterocycles. The second-order valence-electron chi connectivity index (χ2n) is 2.93. The Bertz CT molecular complexity index is 433. The molecule has 2 aromatic heterocycles. The topological polar surface area (TPSA) is 43.9 Å². The Balaban J connectivity index is 2.55. The lowest BCUT2D eigenvalue weighted by Crippen LogP contribution is -1.98. The van der Waals surface area contributed by atoms with E-state index in [0.717, 1.165) is 0 Å². The highest BCUT2D eigenvalue weighted by Crippen LogP contribution is 2.22. The number of hydrogen-bond acceptors (Lipinski definition) is 3. The van der Waals surface area contributed by atoms with Gasteiger partial charge in [0.2, 0.25) is 0 Å². The second kappa shape index (κ2) is 3.25. The van der Waals surface area contributed by atoms with E-state index in [2.05, 4.69) is 10.1 Å². The molecule has 0 saturated carbocycles. The van der Waals surface area contributed by atoms with Crippen LogP contribution in [0.15, 0.2) is 17.0 Å². The van der Waals surface area contributed by atoms with Crippen molar-refractivity contribution in [3.8, 4) is 11.5 Å². The Morgan fingerprint density at radius 2 is 2.36 bits per heavy atom. The third-order valence-electron chi connectivity index (χ3n) is 2.10. The number of nitrogens with zero attached hydrogens (tertiary/aromatic N) is 3. The molecular formula is C9H10FN3O. The van der Waals surface area contributed by atoms with Crippen molar-refractivity contribution in [1.29, 1.82) is 0 Å². The summed E-state index contributed by atoms with van der Waals surface area (Å²) >= 11 is 0. The summed E-state index contributed by atoms with van der Waals surface area (Å²) < 4.78 is 20.2. The van der Waals surface area contributed by atoms with E-state index in [4.69, 9.17) is 4.42 Å². The van der Waals surface area contributed by atoms with Gasteiger partial charge in [0.05, 0.1) is 11.9 Å². The van der Waals surface area contributed by atoms with Gasteiger partial charge in [-0.05, 0) is 13.8 Å². The molecule has 4 nitrogen and oxygen atoms in total. The maximum absolute atomic E-state index is 13.6. The number of halogens is 1. The van der Waals surface area contributed by atoms with Gasteiger partial charge in [0.1, 0.15) is 0 Å². The molecular weight excluding hydrogens is 185 g/mol. The molecule has 0 N–H and O–H groups in total. The molecule has 0 aliphatic rings. The summed E-state index contributed by atoms with van der Waals surface area (Å²) in [5.41, 5.74) is 0.737. The molecule has 0 aliphatic carbocycles. The normalized spacial score (nSPS) is 10.8. The first-order valence-corrected chi connectivity index (χ1v) is 4.35. The summed E-state index contributed by atoms with van der Waals surface area (Å²) in [6.45, 7) is 4.23. The first kappa shape index (κ1) is 8.93. The lowest BCUT2D eigenvalue weighted by Gasteiger charge is -1.95. The van der Waals surface area contributed by atoms with Crippen molar-refractivity contribution >= 4 is 0 Å². The highest BCUT2D eigenvalue weighted by atomic mass is 19.1. The standard InChI is InChI=1S/C9H10FN3O/c1-3-13-6(2)8(10)9(12-13)7-4-11-5-14-7/h4-5H,3H2,1-2H3. The molecule has 2 aromatic rings. The number of aryl methyl sites for hydroxylation is 1. The van der Waals surface area contributed by atoms with E-state index in [1.807, 2.05) is 6.92 Å². The van der Waals surface area contributed by atoms with Crippen molar-refractivity contribution < 1.29 is 8.81 Å². The van der Waals surface area contributed by atoms with Crippen LogP contribution in [-0.2, 0) is 6.54 Å². The summed E-state index contributed by atoms with van der Waals surface area (Å²) in [7, 11) is 0. The zero-order valence-electron chi connectivity index (χ0n) is 7.99. The number of oxazole rings is 1. The third-order valence-corrected chi connectivity index (χ3v) is 2.10. The largest absolute Gasteiger partial charge is 0.442 e. The van der Waals surface area contributed by atoms with Crippen molar-refractivity contribution in [3.63, 3.8) is 0 Å². The smallest absolute Gasteiger partial charge is 0.181 e. The predicted molar refractivity (Wildman–Crippen MR) is 48.1 cm³/mol. The van der Waals surface area contributed by atoms with E-state index < -0.39 is 0 Å². The van der Waals surface area contributed by atoms with Crippen LogP contribution in [0, 0.1) is 12.7 Å². The molecule has 0 fully saturated rings. The van der Waals surface area contributed by atoms with Crippen LogP contribution in [0.5, 0.6) is 0 Å². The van der Waals surface area contributed by atoms with E-state index in [9.17, 15) is 4.39 Å². The second-order valence-corrected chi connectivity index (χ2v) is 2.93. The lowest BCUT2D eigenvalue weighted by molar-refractivity contribution is 0.559. The summed E-state index contributed by atoms with van der Waals surface area (Å²) in [6, 6.07) is 0. The average Bonchev–Trinajstić information content (AvgIpc) is 2.78. The van der Waals surface area contributed by atoms with Crippen molar-refractivity contribution in [1.82, 2.24) is 14.8 Å². The van der Waals surface area contributed by atoms with E-state index in [-0.39, 0.29) is 11.5 Å². The van der Waals surface area contributed by atoms with Gasteiger partial charge in [-0.1, -0.05) is 0 Å². The quantitative estimate of drug-likeness (QED) is 0.736. The SMILES string of the molecule is CCn1nc(-c2cnco2)c(F)c1C. The fraction of sp³-hybridized carbons (Fsp3) is 0.333. The van der Waals surface area contributed by atoms with Gasteiger partial charge in [-0.15, -0.1) is 0 Å². The fourth-order valence-corrected chi connectivity index (χ4v) is 1.32. The molecule has 5 heteroatoms. The van der Waals surface area contributed by atoms with Gasteiger partial charge in [-0.2, -0.15) is 5.10 Å². The molecule has 2 rings (SSSR count). The molecule has 14 heavy (non-hydrogen) atoms. The number of rotatable bonds is 2. The molecule has 0 spiro atoms. The van der Waals surface area contributed by atoms with Crippen LogP contribution in [0.2, 0.25) is 0 Å². The third kappa shape index (κ3) is 1.21. The average molecular weight is 195 g/mol. The molecule has 0 radical (unpaired) electrons. The minimum atomic E-state index is -0.344. The zero-order valence-corrected chi connectivity index (χ0v) is 7.99. The Morgan fingerprint density at radius 1 is 1.57 bits per heavy atom.